The number of nitrogens with two attached hydrogens (primary N) is 1. The van der Waals surface area contributed by atoms with E-state index in [9.17, 15) is 52.8 Å². The van der Waals surface area contributed by atoms with Gasteiger partial charge in [-0.3, -0.25) is 14.5 Å². The largest absolute Gasteiger partial charge is 0.542 e. The number of carboxylic acids is 3. The number of fused-ring (bicyclic) bond motifs is 2. The third-order valence-electron chi connectivity index (χ3n) is 8.61. The Bertz CT molecular complexity index is 2220. The number of oxime groups is 1. The quantitative estimate of drug-likeness (QED) is 0.0351. The highest BCUT2D eigenvalue weighted by atomic mass is 127. The van der Waals surface area contributed by atoms with Gasteiger partial charge < -0.3 is 56.4 Å². The third-order valence-corrected chi connectivity index (χ3v) is 10.6. The Labute approximate surface area is 350 Å². The summed E-state index contributed by atoms with van der Waals surface area (Å²) >= 11 is 2.18. The molecule has 0 aliphatic carbocycles. The number of aromatic hydroxyl groups is 2. The van der Waals surface area contributed by atoms with E-state index in [1.807, 2.05) is 36.2 Å². The molecule has 0 radical (unpaired) electrons. The molecule has 0 spiro atoms. The van der Waals surface area contributed by atoms with Gasteiger partial charge in [0.2, 0.25) is 0 Å². The van der Waals surface area contributed by atoms with Gasteiger partial charge in [0.15, 0.2) is 35.6 Å². The zero-order chi connectivity index (χ0) is 42.0. The summed E-state index contributed by atoms with van der Waals surface area (Å²) in [7, 11) is 1.99. The van der Waals surface area contributed by atoms with Crippen LogP contribution in [-0.2, 0) is 41.0 Å². The van der Waals surface area contributed by atoms with Crippen LogP contribution in [0.4, 0.5) is 29.7 Å². The molecule has 58 heavy (non-hydrogen) atoms. The van der Waals surface area contributed by atoms with Crippen molar-refractivity contribution in [3.63, 3.8) is 0 Å². The summed E-state index contributed by atoms with van der Waals surface area (Å²) in [5.74, 6) is -8.41. The molecule has 2 aromatic heterocycles. The highest BCUT2D eigenvalue weighted by Gasteiger charge is 2.54. The number of nitrogen functional groups attached to an aromatic ring is 1. The topological polar surface area (TPSA) is 284 Å². The number of nitrogens with zero attached hydrogens (tertiary/aromatic N) is 5. The van der Waals surface area contributed by atoms with E-state index in [2.05, 4.69) is 32.6 Å². The first-order valence-electron chi connectivity index (χ1n) is 16.1. The predicted molar refractivity (Wildman–Crippen MR) is 208 cm³/mol. The van der Waals surface area contributed by atoms with Crippen molar-refractivity contribution >= 4 is 99.5 Å². The number of hydrogen-bond acceptors (Lipinski definition) is 16. The first-order chi connectivity index (χ1) is 26.8. The van der Waals surface area contributed by atoms with E-state index in [0.29, 0.717) is 18.3 Å². The van der Waals surface area contributed by atoms with Gasteiger partial charge in [0.1, 0.15) is 40.7 Å². The molecule has 25 heteroatoms. The van der Waals surface area contributed by atoms with Gasteiger partial charge in [0.25, 0.3) is 11.8 Å². The maximum absolute atomic E-state index is 13.2. The van der Waals surface area contributed by atoms with Gasteiger partial charge >= 0.3 is 23.7 Å². The summed E-state index contributed by atoms with van der Waals surface area (Å²) in [6, 6.07) is 4.02. The second-order valence-corrected chi connectivity index (χ2v) is 14.2. The van der Waals surface area contributed by atoms with Crippen LogP contribution in [0.5, 0.6) is 11.5 Å². The first-order valence-corrected chi connectivity index (χ1v) is 18.1. The Morgan fingerprint density at radius 2 is 1.90 bits per heavy atom. The van der Waals surface area contributed by atoms with Crippen LogP contribution >= 0.6 is 47.1 Å². The summed E-state index contributed by atoms with van der Waals surface area (Å²) in [5, 5.41) is 58.8. The normalized spacial score (nSPS) is 19.5. The van der Waals surface area contributed by atoms with Crippen LogP contribution in [-0.4, -0.2) is 103 Å². The lowest BCUT2D eigenvalue weighted by molar-refractivity contribution is -0.686. The van der Waals surface area contributed by atoms with E-state index < -0.39 is 64.4 Å². The van der Waals surface area contributed by atoms with Crippen LogP contribution in [0, 0.1) is 0 Å². The van der Waals surface area contributed by atoms with Crippen LogP contribution in [0.3, 0.4) is 0 Å². The number of aromatic nitrogens is 2. The number of benzene rings is 1. The second-order valence-electron chi connectivity index (χ2n) is 12.2. The van der Waals surface area contributed by atoms with Crippen LogP contribution in [0.25, 0.3) is 0 Å². The van der Waals surface area contributed by atoms with E-state index in [4.69, 9.17) is 20.5 Å². The maximum Gasteiger partial charge on any atom is 0.430 e. The molecule has 1 fully saturated rings. The Kier molecular flexibility index (Phi) is 13.7. The van der Waals surface area contributed by atoms with Crippen molar-refractivity contribution < 1.29 is 72.1 Å². The van der Waals surface area contributed by atoms with E-state index in [0.717, 1.165) is 45.8 Å². The van der Waals surface area contributed by atoms with Crippen LogP contribution in [0.2, 0.25) is 0 Å². The number of β-lactam (4-membered cyclic amide) rings is 1. The van der Waals surface area contributed by atoms with Gasteiger partial charge in [0, 0.05) is 29.8 Å². The fraction of sp³-hybridized carbons (Fsp3) is 0.273. The van der Waals surface area contributed by atoms with Crippen molar-refractivity contribution in [1.29, 1.82) is 0 Å². The fourth-order valence-corrected chi connectivity index (χ4v) is 7.64. The van der Waals surface area contributed by atoms with Crippen LogP contribution in [0.1, 0.15) is 18.2 Å². The molecular formula is C33H32F3IN8O11S2. The number of thiazole rings is 1. The van der Waals surface area contributed by atoms with Gasteiger partial charge in [-0.2, -0.15) is 17.7 Å². The van der Waals surface area contributed by atoms with Gasteiger partial charge in [-0.15, -0.1) is 47.1 Å². The Balaban J connectivity index is 0.000000853. The van der Waals surface area contributed by atoms with Crippen molar-refractivity contribution in [2.24, 2.45) is 5.16 Å². The Morgan fingerprint density at radius 3 is 2.48 bits per heavy atom. The van der Waals surface area contributed by atoms with Crippen molar-refractivity contribution in [2.75, 3.05) is 28.8 Å². The number of hydrogen-bond donors (Lipinski definition) is 7. The molecule has 0 bridgehead atoms. The molecule has 4 atom stereocenters. The molecule has 3 aliphatic rings. The average Bonchev–Trinajstić information content (AvgIpc) is 3.70. The molecule has 3 aromatic rings. The summed E-state index contributed by atoms with van der Waals surface area (Å²) in [6.45, 7) is 2.51. The van der Waals surface area contributed by atoms with E-state index in [1.165, 1.54) is 17.1 Å². The Morgan fingerprint density at radius 1 is 1.21 bits per heavy atom. The minimum atomic E-state index is -5.19. The zero-order valence-electron chi connectivity index (χ0n) is 29.7. The number of rotatable bonds is 11. The Hall–Kier alpha value is -5.83. The highest BCUT2D eigenvalue weighted by Crippen LogP contribution is 2.41. The molecule has 6 rings (SSSR count). The molecule has 4 unspecified atom stereocenters. The fourth-order valence-electron chi connectivity index (χ4n) is 5.72. The number of carboxylic acid groups (broad SMARTS) is 3. The lowest BCUT2D eigenvalue weighted by Crippen LogP contribution is -2.70. The molecule has 2 amide bonds. The van der Waals surface area contributed by atoms with E-state index in [-0.39, 0.29) is 58.0 Å². The van der Waals surface area contributed by atoms with Crippen molar-refractivity contribution in [3.8, 4) is 11.5 Å². The number of aliphatic carboxylic acids is 3. The molecule has 0 saturated carbocycles. The number of pyridine rings is 1. The van der Waals surface area contributed by atoms with Crippen LogP contribution in [0.15, 0.2) is 70.6 Å². The van der Waals surface area contributed by atoms with E-state index >= 15 is 0 Å². The minimum absolute atomic E-state index is 0. The second kappa shape index (κ2) is 17.8. The number of allylic oxidation sites excluding steroid dienone is 2. The van der Waals surface area contributed by atoms with Gasteiger partial charge in [-0.25, -0.2) is 14.6 Å². The summed E-state index contributed by atoms with van der Waals surface area (Å²) in [6.07, 6.45) is 2.98. The number of phenols is 2. The van der Waals surface area contributed by atoms with Gasteiger partial charge in [-0.1, -0.05) is 11.2 Å². The predicted octanol–water partition coefficient (Wildman–Crippen LogP) is 0.874. The van der Waals surface area contributed by atoms with Crippen LogP contribution < -0.4 is 30.9 Å². The van der Waals surface area contributed by atoms with Crippen molar-refractivity contribution in [1.82, 2.24) is 15.2 Å². The lowest BCUT2D eigenvalue weighted by Gasteiger charge is -2.49. The summed E-state index contributed by atoms with van der Waals surface area (Å²) in [5.41, 5.74) is 5.12. The molecule has 310 valence electrons. The highest BCUT2D eigenvalue weighted by molar-refractivity contribution is 14.0. The minimum Gasteiger partial charge on any atom is -0.542 e. The number of amides is 2. The number of phenolic OH excluding ortho intramolecular Hbond substituents is 2. The zero-order valence-corrected chi connectivity index (χ0v) is 33.7. The molecule has 1 aromatic carbocycles. The molecule has 1 saturated heterocycles. The molecule has 8 N–H and O–H groups in total. The average molecular weight is 965 g/mol. The van der Waals surface area contributed by atoms with Crippen molar-refractivity contribution in [2.45, 2.75) is 42.8 Å². The summed E-state index contributed by atoms with van der Waals surface area (Å²) < 4.78 is 33.5. The third kappa shape index (κ3) is 9.14. The standard InChI is InChI=1S/C31H30N8O9S2.C2HF3O2.HI/c1-15-34-18-7-9-38(12-19(18)37(15)2)8-3-4-16-13-49-27-24(26(43)39(27)25(16)28(44)45)36-23(42)11-33-48-31(29(46)47,22-14-50-30(32)35-22)17-5-6-20(40)21(41)10-17;3-2(4,5)1(6)7;/h3-7,9-12,14-15,24,27H,8,13H2,1-2H3,(H7,32,33,35,36,40,41,42,44,45,46,47);(H,6,7);1H. The summed E-state index contributed by atoms with van der Waals surface area (Å²) in [4.78, 5) is 72.3. The first kappa shape index (κ1) is 44.9. The van der Waals surface area contributed by atoms with Crippen molar-refractivity contribution in [3.05, 3.63) is 76.7 Å². The maximum atomic E-state index is 13.2. The van der Waals surface area contributed by atoms with Gasteiger partial charge in [0.05, 0.1) is 11.9 Å². The number of halogens is 4. The molecule has 19 nitrogen and oxygen atoms in total. The number of carbonyl (C=O) groups is 5. The monoisotopic (exact) mass is 964 g/mol. The SMILES string of the molecule is CC1Nc2cc[n+](CC=CC3=C(C(=O)O)N4C(=O)C(NC(=O)C=NOC(C(=O)O)(c5ccc(O)c(O)c5)c5csc(N)n5)C4SC3)cc2N1C.I.O=C([O-])C(F)(F)F. The van der Waals surface area contributed by atoms with Gasteiger partial charge in [-0.05, 0) is 36.8 Å². The number of alkyl halides is 3. The molecule has 5 heterocycles. The molecule has 3 aliphatic heterocycles. The smallest absolute Gasteiger partial charge is 0.430 e. The number of anilines is 3. The number of carbonyl (C=O) groups excluding carboxylic acids is 3. The molecular weight excluding hydrogens is 932 g/mol. The number of thioether (sulfide) groups is 1. The van der Waals surface area contributed by atoms with E-state index in [1.54, 1.807) is 6.08 Å². The number of nitrogens with one attached hydrogen (secondary N) is 2. The lowest BCUT2D eigenvalue weighted by atomic mass is 9.90.